The van der Waals surface area contributed by atoms with E-state index in [9.17, 15) is 4.79 Å². The van der Waals surface area contributed by atoms with Crippen molar-refractivity contribution in [3.05, 3.63) is 24.0 Å². The Morgan fingerprint density at radius 1 is 1.55 bits per heavy atom. The molecule has 0 radical (unpaired) electrons. The molecule has 0 aliphatic rings. The molecule has 0 aromatic rings. The quantitative estimate of drug-likeness (QED) is 0.496. The predicted molar refractivity (Wildman–Crippen MR) is 42.2 cm³/mol. The molecule has 0 aromatic carbocycles. The van der Waals surface area contributed by atoms with Gasteiger partial charge in [-0.1, -0.05) is 6.08 Å². The molecule has 1 N–H and O–H groups in total. The maximum Gasteiger partial charge on any atom is 0.341 e. The van der Waals surface area contributed by atoms with Crippen LogP contribution in [-0.4, -0.2) is 17.7 Å². The minimum Gasteiger partial charge on any atom is -0.482 e. The van der Waals surface area contributed by atoms with E-state index >= 15 is 0 Å². The van der Waals surface area contributed by atoms with E-state index in [0.29, 0.717) is 5.76 Å². The SMILES string of the molecule is CC=CC(=CC)OCC(=O)O. The topological polar surface area (TPSA) is 46.5 Å². The van der Waals surface area contributed by atoms with Crippen molar-refractivity contribution >= 4 is 5.97 Å². The first-order valence-electron chi connectivity index (χ1n) is 3.34. The van der Waals surface area contributed by atoms with E-state index in [1.807, 2.05) is 6.92 Å². The molecule has 3 heteroatoms. The lowest BCUT2D eigenvalue weighted by Gasteiger charge is -2.01. The molecule has 0 aliphatic heterocycles. The summed E-state index contributed by atoms with van der Waals surface area (Å²) in [6.45, 7) is 3.34. The standard InChI is InChI=1S/C8H12O3/c1-3-5-7(4-2)11-6-8(9)10/h3-5H,6H2,1-2H3,(H,9,10). The van der Waals surface area contributed by atoms with Gasteiger partial charge in [0, 0.05) is 0 Å². The molecule has 0 rings (SSSR count). The molecule has 0 atom stereocenters. The first-order valence-corrected chi connectivity index (χ1v) is 3.34. The fourth-order valence-corrected chi connectivity index (χ4v) is 0.537. The highest BCUT2D eigenvalue weighted by Gasteiger charge is 1.96. The first-order chi connectivity index (χ1) is 5.20. The Hall–Kier alpha value is -1.25. The van der Waals surface area contributed by atoms with Gasteiger partial charge in [0.2, 0.25) is 0 Å². The van der Waals surface area contributed by atoms with Gasteiger partial charge in [0.15, 0.2) is 6.61 Å². The molecule has 0 spiro atoms. The third-order valence-electron chi connectivity index (χ3n) is 0.978. The first kappa shape index (κ1) is 9.75. The van der Waals surface area contributed by atoms with Gasteiger partial charge in [0.25, 0.3) is 0 Å². The van der Waals surface area contributed by atoms with E-state index < -0.39 is 5.97 Å². The van der Waals surface area contributed by atoms with E-state index in [-0.39, 0.29) is 6.61 Å². The van der Waals surface area contributed by atoms with Crippen LogP contribution in [0.5, 0.6) is 0 Å². The molecular weight excluding hydrogens is 144 g/mol. The number of allylic oxidation sites excluding steroid dienone is 3. The van der Waals surface area contributed by atoms with E-state index in [1.165, 1.54) is 0 Å². The lowest BCUT2D eigenvalue weighted by molar-refractivity contribution is -0.140. The maximum atomic E-state index is 10.0. The highest BCUT2D eigenvalue weighted by Crippen LogP contribution is 1.98. The van der Waals surface area contributed by atoms with Crippen molar-refractivity contribution in [3.8, 4) is 0 Å². The van der Waals surface area contributed by atoms with Crippen molar-refractivity contribution in [1.82, 2.24) is 0 Å². The van der Waals surface area contributed by atoms with Crippen LogP contribution in [-0.2, 0) is 9.53 Å². The van der Waals surface area contributed by atoms with Crippen LogP contribution in [0.25, 0.3) is 0 Å². The normalized spacial score (nSPS) is 12.0. The summed E-state index contributed by atoms with van der Waals surface area (Å²) in [5, 5.41) is 8.25. The second-order valence-corrected chi connectivity index (χ2v) is 1.87. The molecule has 62 valence electrons. The monoisotopic (exact) mass is 156 g/mol. The van der Waals surface area contributed by atoms with Gasteiger partial charge in [-0.05, 0) is 26.0 Å². The Bertz CT molecular complexity index is 180. The molecule has 0 bridgehead atoms. The highest BCUT2D eigenvalue weighted by atomic mass is 16.5. The summed E-state index contributed by atoms with van der Waals surface area (Å²) in [6, 6.07) is 0. The Kier molecular flexibility index (Phi) is 4.90. The van der Waals surface area contributed by atoms with Crippen molar-refractivity contribution in [3.63, 3.8) is 0 Å². The molecule has 0 saturated heterocycles. The number of ether oxygens (including phenoxy) is 1. The molecule has 0 unspecified atom stereocenters. The summed E-state index contributed by atoms with van der Waals surface area (Å²) in [6.07, 6.45) is 5.21. The number of hydrogen-bond donors (Lipinski definition) is 1. The number of carboxylic acid groups (broad SMARTS) is 1. The fraction of sp³-hybridized carbons (Fsp3) is 0.375. The second kappa shape index (κ2) is 5.53. The Labute approximate surface area is 66.0 Å². The molecule has 0 amide bonds. The number of rotatable bonds is 4. The summed E-state index contributed by atoms with van der Waals surface area (Å²) in [5.41, 5.74) is 0. The van der Waals surface area contributed by atoms with Crippen LogP contribution >= 0.6 is 0 Å². The van der Waals surface area contributed by atoms with Gasteiger partial charge < -0.3 is 9.84 Å². The third-order valence-corrected chi connectivity index (χ3v) is 0.978. The minimum atomic E-state index is -0.964. The van der Waals surface area contributed by atoms with Gasteiger partial charge in [0.1, 0.15) is 5.76 Å². The van der Waals surface area contributed by atoms with Crippen molar-refractivity contribution in [2.75, 3.05) is 6.61 Å². The highest BCUT2D eigenvalue weighted by molar-refractivity contribution is 5.68. The largest absolute Gasteiger partial charge is 0.482 e. The van der Waals surface area contributed by atoms with Crippen LogP contribution in [0.4, 0.5) is 0 Å². The van der Waals surface area contributed by atoms with E-state index in [0.717, 1.165) is 0 Å². The maximum absolute atomic E-state index is 10.0. The zero-order valence-corrected chi connectivity index (χ0v) is 6.70. The second-order valence-electron chi connectivity index (χ2n) is 1.87. The van der Waals surface area contributed by atoms with Crippen molar-refractivity contribution in [2.45, 2.75) is 13.8 Å². The van der Waals surface area contributed by atoms with Crippen LogP contribution in [0.1, 0.15) is 13.8 Å². The van der Waals surface area contributed by atoms with Crippen molar-refractivity contribution in [1.29, 1.82) is 0 Å². The molecule has 0 saturated carbocycles. The number of hydrogen-bond acceptors (Lipinski definition) is 2. The van der Waals surface area contributed by atoms with Gasteiger partial charge >= 0.3 is 5.97 Å². The van der Waals surface area contributed by atoms with Crippen molar-refractivity contribution < 1.29 is 14.6 Å². The average molecular weight is 156 g/mol. The van der Waals surface area contributed by atoms with Crippen LogP contribution in [0, 0.1) is 0 Å². The van der Waals surface area contributed by atoms with Crippen LogP contribution in [0.3, 0.4) is 0 Å². The summed E-state index contributed by atoms with van der Waals surface area (Å²) in [4.78, 5) is 10.0. The summed E-state index contributed by atoms with van der Waals surface area (Å²) < 4.78 is 4.87. The molecule has 0 aliphatic carbocycles. The van der Waals surface area contributed by atoms with Crippen LogP contribution < -0.4 is 0 Å². The van der Waals surface area contributed by atoms with Crippen LogP contribution in [0.15, 0.2) is 24.0 Å². The number of carbonyl (C=O) groups is 1. The Morgan fingerprint density at radius 3 is 2.55 bits per heavy atom. The van der Waals surface area contributed by atoms with Gasteiger partial charge in [-0.2, -0.15) is 0 Å². The Morgan fingerprint density at radius 2 is 2.18 bits per heavy atom. The third kappa shape index (κ3) is 5.21. The van der Waals surface area contributed by atoms with Gasteiger partial charge in [-0.25, -0.2) is 4.79 Å². The zero-order valence-electron chi connectivity index (χ0n) is 6.70. The molecular formula is C8H12O3. The minimum absolute atomic E-state index is 0.288. The summed E-state index contributed by atoms with van der Waals surface area (Å²) in [7, 11) is 0. The molecule has 3 nitrogen and oxygen atoms in total. The summed E-state index contributed by atoms with van der Waals surface area (Å²) in [5.74, 6) is -0.385. The van der Waals surface area contributed by atoms with E-state index in [4.69, 9.17) is 9.84 Å². The zero-order chi connectivity index (χ0) is 8.69. The fourth-order valence-electron chi connectivity index (χ4n) is 0.537. The number of carboxylic acids is 1. The van der Waals surface area contributed by atoms with Crippen LogP contribution in [0.2, 0.25) is 0 Å². The van der Waals surface area contributed by atoms with Crippen molar-refractivity contribution in [2.24, 2.45) is 0 Å². The van der Waals surface area contributed by atoms with E-state index in [2.05, 4.69) is 0 Å². The smallest absolute Gasteiger partial charge is 0.341 e. The Balaban J connectivity index is 3.81. The molecule has 11 heavy (non-hydrogen) atoms. The number of aliphatic carboxylic acids is 1. The van der Waals surface area contributed by atoms with Gasteiger partial charge in [-0.15, -0.1) is 0 Å². The van der Waals surface area contributed by atoms with E-state index in [1.54, 1.807) is 25.2 Å². The van der Waals surface area contributed by atoms with Gasteiger partial charge in [0.05, 0.1) is 0 Å². The molecule has 0 aromatic heterocycles. The van der Waals surface area contributed by atoms with Gasteiger partial charge in [-0.3, -0.25) is 0 Å². The summed E-state index contributed by atoms with van der Waals surface area (Å²) >= 11 is 0. The molecule has 0 heterocycles. The average Bonchev–Trinajstić information content (AvgIpc) is 1.97. The molecule has 0 fully saturated rings. The predicted octanol–water partition coefficient (Wildman–Crippen LogP) is 1.57. The lowest BCUT2D eigenvalue weighted by Crippen LogP contribution is -2.05. The lowest BCUT2D eigenvalue weighted by atomic mass is 10.4.